The van der Waals surface area contributed by atoms with Crippen LogP contribution in [0.2, 0.25) is 0 Å². The zero-order valence-electron chi connectivity index (χ0n) is 18.0. The van der Waals surface area contributed by atoms with Crippen LogP contribution in [0.15, 0.2) is 48.5 Å². The van der Waals surface area contributed by atoms with E-state index >= 15 is 0 Å². The summed E-state index contributed by atoms with van der Waals surface area (Å²) in [5.41, 5.74) is 1.94. The summed E-state index contributed by atoms with van der Waals surface area (Å²) in [7, 11) is 0. The van der Waals surface area contributed by atoms with E-state index in [1.54, 1.807) is 23.1 Å². The molecule has 1 N–H and O–H groups in total. The van der Waals surface area contributed by atoms with Crippen molar-refractivity contribution in [3.63, 3.8) is 0 Å². The van der Waals surface area contributed by atoms with E-state index in [-0.39, 0.29) is 18.2 Å². The van der Waals surface area contributed by atoms with Crippen molar-refractivity contribution in [1.82, 2.24) is 10.2 Å². The van der Waals surface area contributed by atoms with Gasteiger partial charge in [-0.05, 0) is 51.3 Å². The number of amides is 2. The molecule has 1 atom stereocenters. The molecular formula is C24H31FN2O2. The Morgan fingerprint density at radius 1 is 1.10 bits per heavy atom. The number of benzene rings is 2. The van der Waals surface area contributed by atoms with E-state index in [0.29, 0.717) is 18.5 Å². The lowest BCUT2D eigenvalue weighted by Crippen LogP contribution is -2.53. The second kappa shape index (κ2) is 9.68. The van der Waals surface area contributed by atoms with E-state index in [1.807, 2.05) is 58.9 Å². The molecule has 0 fully saturated rings. The van der Waals surface area contributed by atoms with Gasteiger partial charge in [0.05, 0.1) is 6.42 Å². The predicted molar refractivity (Wildman–Crippen MR) is 114 cm³/mol. The van der Waals surface area contributed by atoms with Crippen LogP contribution in [0.1, 0.15) is 50.8 Å². The first kappa shape index (κ1) is 22.6. The third kappa shape index (κ3) is 6.70. The summed E-state index contributed by atoms with van der Waals surface area (Å²) < 4.78 is 14.1. The van der Waals surface area contributed by atoms with Crippen molar-refractivity contribution in [2.24, 2.45) is 0 Å². The summed E-state index contributed by atoms with van der Waals surface area (Å²) in [6.07, 6.45) is 0.383. The molecule has 0 unspecified atom stereocenters. The lowest BCUT2D eigenvalue weighted by atomic mass is 10.0. The van der Waals surface area contributed by atoms with E-state index in [2.05, 4.69) is 5.32 Å². The van der Waals surface area contributed by atoms with Gasteiger partial charge in [0.1, 0.15) is 11.9 Å². The molecule has 0 aromatic heterocycles. The summed E-state index contributed by atoms with van der Waals surface area (Å²) in [4.78, 5) is 27.7. The Hall–Kier alpha value is -2.69. The lowest BCUT2D eigenvalue weighted by Gasteiger charge is -2.33. The minimum Gasteiger partial charge on any atom is -0.350 e. The Labute approximate surface area is 173 Å². The standard InChI is InChI=1S/C24H31FN2O2/c1-6-21(23(29)26-24(3,4)5)27(16-18-11-9-10-17(2)14-18)22(28)15-19-12-7-8-13-20(19)25/h7-14,21H,6,15-16H2,1-5H3,(H,26,29)/t21-/m0/s1. The molecule has 0 bridgehead atoms. The summed E-state index contributed by atoms with van der Waals surface area (Å²) in [5.74, 6) is -0.884. The van der Waals surface area contributed by atoms with Gasteiger partial charge in [0.2, 0.25) is 11.8 Å². The topological polar surface area (TPSA) is 49.4 Å². The molecule has 5 heteroatoms. The first-order valence-electron chi connectivity index (χ1n) is 10.0. The molecule has 29 heavy (non-hydrogen) atoms. The van der Waals surface area contributed by atoms with Crippen LogP contribution in [0.4, 0.5) is 4.39 Å². The summed E-state index contributed by atoms with van der Waals surface area (Å²) in [5, 5.41) is 2.97. The van der Waals surface area contributed by atoms with Crippen molar-refractivity contribution >= 4 is 11.8 Å². The van der Waals surface area contributed by atoms with Crippen LogP contribution in [0.25, 0.3) is 0 Å². The van der Waals surface area contributed by atoms with Gasteiger partial charge in [0.15, 0.2) is 0 Å². The van der Waals surface area contributed by atoms with Gasteiger partial charge in [-0.1, -0.05) is 55.0 Å². The molecule has 4 nitrogen and oxygen atoms in total. The van der Waals surface area contributed by atoms with Crippen LogP contribution in [0.5, 0.6) is 0 Å². The molecule has 156 valence electrons. The van der Waals surface area contributed by atoms with Crippen LogP contribution in [0, 0.1) is 12.7 Å². The van der Waals surface area contributed by atoms with Crippen LogP contribution < -0.4 is 5.32 Å². The highest BCUT2D eigenvalue weighted by molar-refractivity contribution is 5.88. The second-order valence-corrected chi connectivity index (χ2v) is 8.44. The fourth-order valence-corrected chi connectivity index (χ4v) is 3.29. The average molecular weight is 399 g/mol. The number of hydrogen-bond acceptors (Lipinski definition) is 2. The van der Waals surface area contributed by atoms with Crippen molar-refractivity contribution in [3.8, 4) is 0 Å². The maximum atomic E-state index is 14.1. The molecule has 0 aliphatic heterocycles. The summed E-state index contributed by atoms with van der Waals surface area (Å²) in [6.45, 7) is 9.88. The summed E-state index contributed by atoms with van der Waals surface area (Å²) >= 11 is 0. The predicted octanol–water partition coefficient (Wildman–Crippen LogP) is 4.40. The first-order valence-corrected chi connectivity index (χ1v) is 10.0. The van der Waals surface area contributed by atoms with E-state index in [0.717, 1.165) is 11.1 Å². The third-order valence-electron chi connectivity index (χ3n) is 4.62. The van der Waals surface area contributed by atoms with Gasteiger partial charge in [-0.25, -0.2) is 4.39 Å². The highest BCUT2D eigenvalue weighted by Crippen LogP contribution is 2.17. The molecule has 0 spiro atoms. The zero-order chi connectivity index (χ0) is 21.6. The third-order valence-corrected chi connectivity index (χ3v) is 4.62. The Morgan fingerprint density at radius 2 is 1.79 bits per heavy atom. The normalized spacial score (nSPS) is 12.3. The van der Waals surface area contributed by atoms with Crippen molar-refractivity contribution in [2.45, 2.75) is 65.6 Å². The van der Waals surface area contributed by atoms with Gasteiger partial charge in [-0.15, -0.1) is 0 Å². The fraction of sp³-hybridized carbons (Fsp3) is 0.417. The highest BCUT2D eigenvalue weighted by atomic mass is 19.1. The smallest absolute Gasteiger partial charge is 0.243 e. The van der Waals surface area contributed by atoms with Gasteiger partial charge in [-0.3, -0.25) is 9.59 Å². The number of nitrogens with one attached hydrogen (secondary N) is 1. The van der Waals surface area contributed by atoms with Crippen molar-refractivity contribution in [3.05, 3.63) is 71.0 Å². The Morgan fingerprint density at radius 3 is 2.38 bits per heavy atom. The molecule has 0 saturated heterocycles. The van der Waals surface area contributed by atoms with Crippen LogP contribution in [-0.4, -0.2) is 28.3 Å². The second-order valence-electron chi connectivity index (χ2n) is 8.44. The maximum Gasteiger partial charge on any atom is 0.243 e. The average Bonchev–Trinajstić information content (AvgIpc) is 2.62. The number of carbonyl (C=O) groups excluding carboxylic acids is 2. The van der Waals surface area contributed by atoms with Crippen molar-refractivity contribution in [2.75, 3.05) is 0 Å². The van der Waals surface area contributed by atoms with E-state index in [9.17, 15) is 14.0 Å². The molecule has 2 aromatic carbocycles. The highest BCUT2D eigenvalue weighted by Gasteiger charge is 2.30. The minimum absolute atomic E-state index is 0.0855. The molecule has 2 rings (SSSR count). The number of halogens is 1. The molecule has 0 aliphatic rings. The van der Waals surface area contributed by atoms with Crippen LogP contribution >= 0.6 is 0 Å². The zero-order valence-corrected chi connectivity index (χ0v) is 18.0. The van der Waals surface area contributed by atoms with Crippen molar-refractivity contribution in [1.29, 1.82) is 0 Å². The number of rotatable bonds is 7. The largest absolute Gasteiger partial charge is 0.350 e. The van der Waals surface area contributed by atoms with E-state index < -0.39 is 17.4 Å². The molecular weight excluding hydrogens is 367 g/mol. The first-order chi connectivity index (χ1) is 13.6. The maximum absolute atomic E-state index is 14.1. The molecule has 0 aliphatic carbocycles. The van der Waals surface area contributed by atoms with Crippen LogP contribution in [-0.2, 0) is 22.6 Å². The molecule has 2 aromatic rings. The number of nitrogens with zero attached hydrogens (tertiary/aromatic N) is 1. The van der Waals surface area contributed by atoms with Gasteiger partial charge >= 0.3 is 0 Å². The SMILES string of the molecule is CC[C@@H](C(=O)NC(C)(C)C)N(Cc1cccc(C)c1)C(=O)Cc1ccccc1F. The Balaban J connectivity index is 2.34. The van der Waals surface area contributed by atoms with Gasteiger partial charge in [-0.2, -0.15) is 0 Å². The molecule has 0 radical (unpaired) electrons. The molecule has 2 amide bonds. The van der Waals surface area contributed by atoms with E-state index in [1.165, 1.54) is 6.07 Å². The van der Waals surface area contributed by atoms with Crippen molar-refractivity contribution < 1.29 is 14.0 Å². The number of aryl methyl sites for hydroxylation is 1. The monoisotopic (exact) mass is 398 g/mol. The number of carbonyl (C=O) groups is 2. The quantitative estimate of drug-likeness (QED) is 0.752. The lowest BCUT2D eigenvalue weighted by molar-refractivity contribution is -0.141. The van der Waals surface area contributed by atoms with Gasteiger partial charge < -0.3 is 10.2 Å². The minimum atomic E-state index is -0.631. The van der Waals surface area contributed by atoms with E-state index in [4.69, 9.17) is 0 Å². The van der Waals surface area contributed by atoms with Gasteiger partial charge in [0, 0.05) is 12.1 Å². The van der Waals surface area contributed by atoms with Crippen LogP contribution in [0.3, 0.4) is 0 Å². The Kier molecular flexibility index (Phi) is 7.54. The summed E-state index contributed by atoms with van der Waals surface area (Å²) in [6, 6.07) is 13.5. The Bertz CT molecular complexity index is 858. The molecule has 0 saturated carbocycles. The molecule has 0 heterocycles. The van der Waals surface area contributed by atoms with Gasteiger partial charge in [0.25, 0.3) is 0 Å². The number of hydrogen-bond donors (Lipinski definition) is 1. The fourth-order valence-electron chi connectivity index (χ4n) is 3.29.